The van der Waals surface area contributed by atoms with Gasteiger partial charge in [0, 0.05) is 5.69 Å². The number of rotatable bonds is 2. The maximum absolute atomic E-state index is 12.9. The van der Waals surface area contributed by atoms with E-state index in [9.17, 15) is 9.18 Å². The van der Waals surface area contributed by atoms with Gasteiger partial charge in [0.15, 0.2) is 0 Å². The average molecular weight is 254 g/mol. The predicted octanol–water partition coefficient (Wildman–Crippen LogP) is 2.93. The molecule has 1 aliphatic heterocycles. The summed E-state index contributed by atoms with van der Waals surface area (Å²) in [4.78, 5) is 12.0. The highest BCUT2D eigenvalue weighted by molar-refractivity contribution is 6.22. The van der Waals surface area contributed by atoms with Gasteiger partial charge in [-0.15, -0.1) is 0 Å². The van der Waals surface area contributed by atoms with E-state index in [1.165, 1.54) is 24.3 Å². The highest BCUT2D eigenvalue weighted by Crippen LogP contribution is 2.34. The number of halogens is 1. The second-order valence-electron chi connectivity index (χ2n) is 4.43. The molecule has 2 aromatic rings. The Hall–Kier alpha value is -2.49. The molecular formula is C15H11FN2O. The van der Waals surface area contributed by atoms with Gasteiger partial charge in [-0.1, -0.05) is 30.3 Å². The van der Waals surface area contributed by atoms with Crippen LogP contribution in [-0.2, 0) is 4.79 Å². The van der Waals surface area contributed by atoms with Crippen LogP contribution in [0.3, 0.4) is 0 Å². The van der Waals surface area contributed by atoms with Crippen LogP contribution in [0.4, 0.5) is 10.1 Å². The van der Waals surface area contributed by atoms with Crippen LogP contribution in [0.25, 0.3) is 0 Å². The van der Waals surface area contributed by atoms with Crippen LogP contribution >= 0.6 is 0 Å². The molecule has 1 amide bonds. The lowest BCUT2D eigenvalue weighted by atomic mass is 9.91. The number of carbonyl (C=O) groups excluding carboxylic acids is 1. The van der Waals surface area contributed by atoms with Crippen molar-refractivity contribution in [1.82, 2.24) is 0 Å². The van der Waals surface area contributed by atoms with Gasteiger partial charge >= 0.3 is 0 Å². The minimum atomic E-state index is -0.623. The lowest BCUT2D eigenvalue weighted by Gasteiger charge is -2.10. The molecule has 0 spiro atoms. The quantitative estimate of drug-likeness (QED) is 0.795. The first kappa shape index (κ1) is 11.6. The zero-order chi connectivity index (χ0) is 13.4. The number of hydrogen-bond donors (Lipinski definition) is 2. The van der Waals surface area contributed by atoms with E-state index >= 15 is 0 Å². The van der Waals surface area contributed by atoms with Crippen molar-refractivity contribution < 1.29 is 9.18 Å². The van der Waals surface area contributed by atoms with Crippen molar-refractivity contribution in [3.8, 4) is 0 Å². The van der Waals surface area contributed by atoms with Gasteiger partial charge in [-0.05, 0) is 29.3 Å². The van der Waals surface area contributed by atoms with Crippen LogP contribution in [0.5, 0.6) is 0 Å². The van der Waals surface area contributed by atoms with Gasteiger partial charge in [0.25, 0.3) is 0 Å². The Bertz CT molecular complexity index is 664. The van der Waals surface area contributed by atoms with Crippen molar-refractivity contribution >= 4 is 17.3 Å². The molecule has 2 aromatic carbocycles. The maximum Gasteiger partial charge on any atom is 0.238 e. The van der Waals surface area contributed by atoms with Crippen molar-refractivity contribution in [2.45, 2.75) is 5.92 Å². The SMILES string of the molecule is N=C(c1ccc(F)cc1)C1C(=O)Nc2ccccc21. The fourth-order valence-electron chi connectivity index (χ4n) is 2.29. The molecule has 0 bridgehead atoms. The Morgan fingerprint density at radius 3 is 2.53 bits per heavy atom. The molecule has 3 nitrogen and oxygen atoms in total. The van der Waals surface area contributed by atoms with Gasteiger partial charge in [0.05, 0.1) is 5.71 Å². The summed E-state index contributed by atoms with van der Waals surface area (Å²) >= 11 is 0. The minimum Gasteiger partial charge on any atom is -0.325 e. The van der Waals surface area contributed by atoms with E-state index in [0.717, 1.165) is 11.3 Å². The van der Waals surface area contributed by atoms with E-state index in [1.807, 2.05) is 24.3 Å². The van der Waals surface area contributed by atoms with E-state index in [2.05, 4.69) is 5.32 Å². The number of hydrogen-bond acceptors (Lipinski definition) is 2. The predicted molar refractivity (Wildman–Crippen MR) is 71.0 cm³/mol. The van der Waals surface area contributed by atoms with Crippen LogP contribution in [-0.4, -0.2) is 11.6 Å². The summed E-state index contributed by atoms with van der Waals surface area (Å²) in [6, 6.07) is 12.9. The lowest BCUT2D eigenvalue weighted by Crippen LogP contribution is -2.21. The van der Waals surface area contributed by atoms with Gasteiger partial charge < -0.3 is 10.7 Å². The first-order valence-corrected chi connectivity index (χ1v) is 5.91. The molecule has 4 heteroatoms. The summed E-state index contributed by atoms with van der Waals surface area (Å²) in [6.45, 7) is 0. The van der Waals surface area contributed by atoms with Gasteiger partial charge in [0.2, 0.25) is 5.91 Å². The number of para-hydroxylation sites is 1. The molecule has 1 atom stereocenters. The number of fused-ring (bicyclic) bond motifs is 1. The van der Waals surface area contributed by atoms with Crippen molar-refractivity contribution in [2.24, 2.45) is 0 Å². The highest BCUT2D eigenvalue weighted by Gasteiger charge is 2.33. The van der Waals surface area contributed by atoms with Gasteiger partial charge in [0.1, 0.15) is 11.7 Å². The molecule has 0 aliphatic carbocycles. The first-order chi connectivity index (χ1) is 9.16. The molecule has 0 saturated carbocycles. The van der Waals surface area contributed by atoms with Crippen molar-refractivity contribution in [1.29, 1.82) is 5.41 Å². The van der Waals surface area contributed by atoms with Crippen LogP contribution in [0.1, 0.15) is 17.0 Å². The summed E-state index contributed by atoms with van der Waals surface area (Å²) in [5.74, 6) is -1.19. The fraction of sp³-hybridized carbons (Fsp3) is 0.0667. The third kappa shape index (κ3) is 1.91. The molecule has 0 aromatic heterocycles. The Kier molecular flexibility index (Phi) is 2.63. The third-order valence-electron chi connectivity index (χ3n) is 3.24. The Labute approximate surface area is 109 Å². The normalized spacial score (nSPS) is 16.9. The highest BCUT2D eigenvalue weighted by atomic mass is 19.1. The molecule has 1 aliphatic rings. The largest absolute Gasteiger partial charge is 0.325 e. The van der Waals surface area contributed by atoms with Crippen molar-refractivity contribution in [2.75, 3.05) is 5.32 Å². The second-order valence-corrected chi connectivity index (χ2v) is 4.43. The molecule has 2 N–H and O–H groups in total. The van der Waals surface area contributed by atoms with Crippen LogP contribution in [0.15, 0.2) is 48.5 Å². The topological polar surface area (TPSA) is 53.0 Å². The van der Waals surface area contributed by atoms with Crippen LogP contribution in [0.2, 0.25) is 0 Å². The van der Waals surface area contributed by atoms with E-state index in [1.54, 1.807) is 0 Å². The van der Waals surface area contributed by atoms with E-state index in [-0.39, 0.29) is 17.4 Å². The Balaban J connectivity index is 2.00. The summed E-state index contributed by atoms with van der Waals surface area (Å²) in [5.41, 5.74) is 2.27. The molecule has 1 unspecified atom stereocenters. The second kappa shape index (κ2) is 4.31. The molecule has 0 saturated heterocycles. The minimum absolute atomic E-state index is 0.183. The average Bonchev–Trinajstić information content (AvgIpc) is 2.74. The molecule has 94 valence electrons. The maximum atomic E-state index is 12.9. The van der Waals surface area contributed by atoms with E-state index < -0.39 is 5.92 Å². The van der Waals surface area contributed by atoms with Gasteiger partial charge in [-0.2, -0.15) is 0 Å². The Morgan fingerprint density at radius 1 is 1.11 bits per heavy atom. The van der Waals surface area contributed by atoms with Crippen molar-refractivity contribution in [3.63, 3.8) is 0 Å². The number of nitrogens with one attached hydrogen (secondary N) is 2. The molecular weight excluding hydrogens is 243 g/mol. The zero-order valence-corrected chi connectivity index (χ0v) is 9.98. The zero-order valence-electron chi connectivity index (χ0n) is 9.98. The lowest BCUT2D eigenvalue weighted by molar-refractivity contribution is -0.115. The number of anilines is 1. The third-order valence-corrected chi connectivity index (χ3v) is 3.24. The van der Waals surface area contributed by atoms with Crippen LogP contribution in [0, 0.1) is 11.2 Å². The van der Waals surface area contributed by atoms with Crippen LogP contribution < -0.4 is 5.32 Å². The standard InChI is InChI=1S/C15H11FN2O/c16-10-7-5-9(6-8-10)14(17)13-11-3-1-2-4-12(11)18-15(13)19/h1-8,13,17H,(H,18,19). The summed E-state index contributed by atoms with van der Waals surface area (Å²) < 4.78 is 12.9. The van der Waals surface area contributed by atoms with E-state index in [0.29, 0.717) is 5.56 Å². The summed E-state index contributed by atoms with van der Waals surface area (Å²) in [6.07, 6.45) is 0. The number of amides is 1. The molecule has 0 fully saturated rings. The van der Waals surface area contributed by atoms with E-state index in [4.69, 9.17) is 5.41 Å². The van der Waals surface area contributed by atoms with Crippen molar-refractivity contribution in [3.05, 3.63) is 65.5 Å². The Morgan fingerprint density at radius 2 is 1.79 bits per heavy atom. The summed E-state index contributed by atoms with van der Waals surface area (Å²) in [7, 11) is 0. The summed E-state index contributed by atoms with van der Waals surface area (Å²) in [5, 5.41) is 10.9. The molecule has 3 rings (SSSR count). The van der Waals surface area contributed by atoms with Gasteiger partial charge in [-0.3, -0.25) is 4.79 Å². The molecule has 1 heterocycles. The first-order valence-electron chi connectivity index (χ1n) is 5.91. The molecule has 0 radical (unpaired) electrons. The monoisotopic (exact) mass is 254 g/mol. The fourth-order valence-corrected chi connectivity index (χ4v) is 2.29. The number of carbonyl (C=O) groups is 1. The molecule has 19 heavy (non-hydrogen) atoms. The smallest absolute Gasteiger partial charge is 0.238 e. The van der Waals surface area contributed by atoms with Gasteiger partial charge in [-0.25, -0.2) is 4.39 Å². The number of benzene rings is 2.